The highest BCUT2D eigenvalue weighted by Crippen LogP contribution is 2.28. The fourth-order valence-electron chi connectivity index (χ4n) is 1.78. The summed E-state index contributed by atoms with van der Waals surface area (Å²) in [4.78, 5) is 26.6. The Morgan fingerprint density at radius 2 is 2.21 bits per heavy atom. The van der Waals surface area contributed by atoms with Crippen LogP contribution in [0.4, 0.5) is 0 Å². The maximum Gasteiger partial charge on any atom is 0.285 e. The van der Waals surface area contributed by atoms with Crippen molar-refractivity contribution >= 4 is 21.8 Å². The minimum Gasteiger partial charge on any atom is -0.294 e. The average molecular weight is 284 g/mol. The van der Waals surface area contributed by atoms with Crippen LogP contribution in [-0.2, 0) is 14.8 Å². The number of carbonyl (C=O) groups is 2. The van der Waals surface area contributed by atoms with E-state index in [-0.39, 0.29) is 30.0 Å². The van der Waals surface area contributed by atoms with E-state index >= 15 is 0 Å². The van der Waals surface area contributed by atoms with Crippen molar-refractivity contribution in [3.05, 3.63) is 23.9 Å². The van der Waals surface area contributed by atoms with Gasteiger partial charge in [-0.15, -0.1) is 0 Å². The summed E-state index contributed by atoms with van der Waals surface area (Å²) in [6.07, 6.45) is 1.55. The van der Waals surface area contributed by atoms with Gasteiger partial charge in [-0.1, -0.05) is 0 Å². The lowest BCUT2D eigenvalue weighted by Crippen LogP contribution is -2.33. The van der Waals surface area contributed by atoms with E-state index < -0.39 is 21.8 Å². The Hall–Kier alpha value is -2.00. The predicted molar refractivity (Wildman–Crippen MR) is 64.0 cm³/mol. The zero-order valence-corrected chi connectivity index (χ0v) is 10.7. The number of hydrogen-bond donors (Lipinski definition) is 2. The molecule has 1 aliphatic heterocycles. The van der Waals surface area contributed by atoms with Crippen LogP contribution in [0.15, 0.2) is 23.4 Å². The van der Waals surface area contributed by atoms with Crippen LogP contribution in [0.1, 0.15) is 23.2 Å². The van der Waals surface area contributed by atoms with Gasteiger partial charge in [0, 0.05) is 19.2 Å². The van der Waals surface area contributed by atoms with E-state index in [2.05, 4.69) is 4.98 Å². The molecule has 1 aromatic heterocycles. The molecule has 0 bridgehead atoms. The molecule has 2 amide bonds. The molecule has 8 nitrogen and oxygen atoms in total. The molecule has 0 aliphatic carbocycles. The first-order valence-corrected chi connectivity index (χ1v) is 6.94. The van der Waals surface area contributed by atoms with E-state index in [0.717, 1.165) is 4.31 Å². The zero-order chi connectivity index (χ0) is 14.0. The number of fused-ring (bicyclic) bond motifs is 1. The Morgan fingerprint density at radius 1 is 1.47 bits per heavy atom. The van der Waals surface area contributed by atoms with E-state index in [4.69, 9.17) is 5.84 Å². The van der Waals surface area contributed by atoms with Crippen molar-refractivity contribution in [2.45, 2.75) is 17.9 Å². The van der Waals surface area contributed by atoms with Gasteiger partial charge in [-0.2, -0.15) is 8.42 Å². The van der Waals surface area contributed by atoms with Crippen molar-refractivity contribution in [1.29, 1.82) is 0 Å². The molecule has 0 fully saturated rings. The summed E-state index contributed by atoms with van der Waals surface area (Å²) in [5.74, 6) is 3.88. The van der Waals surface area contributed by atoms with Gasteiger partial charge in [0.25, 0.3) is 15.9 Å². The number of amides is 2. The second kappa shape index (κ2) is 4.94. The third kappa shape index (κ3) is 2.29. The fraction of sp³-hybridized carbons (Fsp3) is 0.300. The molecule has 2 heterocycles. The summed E-state index contributed by atoms with van der Waals surface area (Å²) in [5.41, 5.74) is 2.00. The fourth-order valence-corrected chi connectivity index (χ4v) is 3.31. The Labute approximate surface area is 109 Å². The van der Waals surface area contributed by atoms with Crippen molar-refractivity contribution < 1.29 is 18.0 Å². The lowest BCUT2D eigenvalue weighted by Gasteiger charge is -2.13. The molecule has 9 heteroatoms. The smallest absolute Gasteiger partial charge is 0.285 e. The highest BCUT2D eigenvalue weighted by molar-refractivity contribution is 7.90. The Balaban J connectivity index is 2.17. The molecule has 1 aromatic rings. The lowest BCUT2D eigenvalue weighted by molar-refractivity contribution is -0.121. The van der Waals surface area contributed by atoms with Crippen molar-refractivity contribution in [2.24, 2.45) is 5.84 Å². The number of nitrogens with one attached hydrogen (secondary N) is 1. The van der Waals surface area contributed by atoms with Gasteiger partial charge in [0.1, 0.15) is 0 Å². The van der Waals surface area contributed by atoms with Crippen molar-refractivity contribution in [2.75, 3.05) is 6.54 Å². The number of nitrogens with zero attached hydrogens (tertiary/aromatic N) is 2. The number of carbonyl (C=O) groups excluding carboxylic acids is 2. The van der Waals surface area contributed by atoms with Gasteiger partial charge in [-0.05, 0) is 18.6 Å². The summed E-state index contributed by atoms with van der Waals surface area (Å²) in [5, 5.41) is -0.233. The summed E-state index contributed by atoms with van der Waals surface area (Å²) in [6.45, 7) is -0.0784. The monoisotopic (exact) mass is 284 g/mol. The molecule has 2 rings (SSSR count). The number of hydrogen-bond acceptors (Lipinski definition) is 6. The molecule has 102 valence electrons. The largest absolute Gasteiger partial charge is 0.294 e. The highest BCUT2D eigenvalue weighted by Gasteiger charge is 2.41. The van der Waals surface area contributed by atoms with Crippen LogP contribution < -0.4 is 11.3 Å². The number of pyridine rings is 1. The minimum absolute atomic E-state index is 0.0412. The summed E-state index contributed by atoms with van der Waals surface area (Å²) < 4.78 is 24.8. The minimum atomic E-state index is -3.89. The maximum absolute atomic E-state index is 12.1. The highest BCUT2D eigenvalue weighted by atomic mass is 32.2. The second-order valence-corrected chi connectivity index (χ2v) is 5.69. The normalized spacial score (nSPS) is 16.3. The molecule has 19 heavy (non-hydrogen) atoms. The van der Waals surface area contributed by atoms with E-state index in [1.165, 1.54) is 18.3 Å². The van der Waals surface area contributed by atoms with Gasteiger partial charge in [0.15, 0.2) is 5.03 Å². The van der Waals surface area contributed by atoms with Crippen LogP contribution in [-0.4, -0.2) is 36.1 Å². The van der Waals surface area contributed by atoms with Crippen molar-refractivity contribution in [3.8, 4) is 0 Å². The SMILES string of the molecule is NNC(=O)CCCN1C(=O)c2cccnc2S1(=O)=O. The van der Waals surface area contributed by atoms with E-state index in [9.17, 15) is 18.0 Å². The topological polar surface area (TPSA) is 122 Å². The van der Waals surface area contributed by atoms with Crippen molar-refractivity contribution in [3.63, 3.8) is 0 Å². The van der Waals surface area contributed by atoms with Gasteiger partial charge < -0.3 is 0 Å². The third-order valence-corrected chi connectivity index (χ3v) is 4.43. The summed E-state index contributed by atoms with van der Waals surface area (Å²) >= 11 is 0. The summed E-state index contributed by atoms with van der Waals surface area (Å²) in [7, 11) is -3.89. The number of hydrazine groups is 1. The molecule has 0 unspecified atom stereocenters. The van der Waals surface area contributed by atoms with E-state index in [0.29, 0.717) is 0 Å². The predicted octanol–water partition coefficient (Wildman–Crippen LogP) is -1.00. The van der Waals surface area contributed by atoms with Gasteiger partial charge in [-0.3, -0.25) is 15.0 Å². The van der Waals surface area contributed by atoms with Gasteiger partial charge in [0.2, 0.25) is 5.91 Å². The number of rotatable bonds is 4. The molecule has 0 atom stereocenters. The Kier molecular flexibility index (Phi) is 3.49. The first kappa shape index (κ1) is 13.4. The number of aromatic nitrogens is 1. The summed E-state index contributed by atoms with van der Waals surface area (Å²) in [6, 6.07) is 2.91. The first-order chi connectivity index (χ1) is 8.98. The van der Waals surface area contributed by atoms with Crippen LogP contribution in [0.3, 0.4) is 0 Å². The number of nitrogens with two attached hydrogens (primary N) is 1. The first-order valence-electron chi connectivity index (χ1n) is 5.50. The second-order valence-electron chi connectivity index (χ2n) is 3.91. The molecule has 1 aliphatic rings. The molecule has 0 saturated carbocycles. The Morgan fingerprint density at radius 3 is 2.84 bits per heavy atom. The Bertz CT molecular complexity index is 628. The third-order valence-electron chi connectivity index (χ3n) is 2.69. The standard InChI is InChI=1S/C10H12N4O4S/c11-13-8(15)4-2-6-14-10(16)7-3-1-5-12-9(7)19(14,17)18/h1,3,5H,2,4,6,11H2,(H,13,15). The molecule has 0 saturated heterocycles. The van der Waals surface area contributed by atoms with Crippen LogP contribution >= 0.6 is 0 Å². The number of sulfonamides is 1. The quantitative estimate of drug-likeness (QED) is 0.415. The van der Waals surface area contributed by atoms with Crippen LogP contribution in [0, 0.1) is 0 Å². The molecular weight excluding hydrogens is 272 g/mol. The van der Waals surface area contributed by atoms with Crippen LogP contribution in [0.5, 0.6) is 0 Å². The molecule has 0 radical (unpaired) electrons. The van der Waals surface area contributed by atoms with Crippen LogP contribution in [0.25, 0.3) is 0 Å². The van der Waals surface area contributed by atoms with Gasteiger partial charge >= 0.3 is 0 Å². The molecule has 0 spiro atoms. The van der Waals surface area contributed by atoms with Crippen molar-refractivity contribution in [1.82, 2.24) is 14.7 Å². The zero-order valence-electron chi connectivity index (χ0n) is 9.87. The molecule has 0 aromatic carbocycles. The average Bonchev–Trinajstić information content (AvgIpc) is 2.60. The van der Waals surface area contributed by atoms with Gasteiger partial charge in [-0.25, -0.2) is 15.1 Å². The van der Waals surface area contributed by atoms with Gasteiger partial charge in [0.05, 0.1) is 5.56 Å². The molecule has 3 N–H and O–H groups in total. The lowest BCUT2D eigenvalue weighted by atomic mass is 10.2. The van der Waals surface area contributed by atoms with Crippen LogP contribution in [0.2, 0.25) is 0 Å². The van der Waals surface area contributed by atoms with E-state index in [1.54, 1.807) is 0 Å². The van der Waals surface area contributed by atoms with E-state index in [1.807, 2.05) is 5.43 Å². The maximum atomic E-state index is 12.1. The molecular formula is C10H12N4O4S.